The quantitative estimate of drug-likeness (QED) is 0.164. The standard InChI is InChI=1S/C51H55BN2/c1-31-26-36(35-29-42-34(30-45(35)53)33-16-12-13-18-38(33)51(42,8)9)46(32-21-22-40-43(28-32)49(4,5)24-23-48(40,2)3)37(27-31)39-17-11-10-14-25-54-47-41(50(39,6)7)19-15-20-44(47)52/h10-12,14-17,19-22,25-30,54H,13,18,23-24,53H2,1-9H3/b11-10-,25-14+,39-17+. The normalized spacial score (nSPS) is 22.1. The van der Waals surface area contributed by atoms with Crippen molar-refractivity contribution in [3.05, 3.63) is 148 Å². The van der Waals surface area contributed by atoms with E-state index in [0.717, 1.165) is 47.2 Å². The predicted octanol–water partition coefficient (Wildman–Crippen LogP) is 12.3. The zero-order chi connectivity index (χ0) is 38.4. The third kappa shape index (κ3) is 5.69. The Bertz CT molecular complexity index is 2390. The molecule has 1 heterocycles. The topological polar surface area (TPSA) is 38.0 Å². The fourth-order valence-electron chi connectivity index (χ4n) is 10.0. The van der Waals surface area contributed by atoms with Crippen molar-refractivity contribution in [3.8, 4) is 22.3 Å². The minimum absolute atomic E-state index is 0.0624. The zero-order valence-electron chi connectivity index (χ0n) is 33.8. The van der Waals surface area contributed by atoms with Gasteiger partial charge in [-0.3, -0.25) is 0 Å². The van der Waals surface area contributed by atoms with E-state index >= 15 is 0 Å². The number of fused-ring (bicyclic) bond motifs is 4. The van der Waals surface area contributed by atoms with Gasteiger partial charge in [-0.1, -0.05) is 145 Å². The lowest BCUT2D eigenvalue weighted by Gasteiger charge is -2.42. The molecule has 0 amide bonds. The number of anilines is 2. The van der Waals surface area contributed by atoms with Crippen molar-refractivity contribution < 1.29 is 0 Å². The summed E-state index contributed by atoms with van der Waals surface area (Å²) < 4.78 is 0. The number of allylic oxidation sites excluding steroid dienone is 9. The molecule has 0 spiro atoms. The van der Waals surface area contributed by atoms with Crippen LogP contribution in [0.2, 0.25) is 0 Å². The number of para-hydroxylation sites is 1. The van der Waals surface area contributed by atoms with Crippen LogP contribution in [0.15, 0.2) is 109 Å². The molecule has 54 heavy (non-hydrogen) atoms. The summed E-state index contributed by atoms with van der Waals surface area (Å²) in [5.41, 5.74) is 27.4. The molecule has 272 valence electrons. The molecule has 2 radical (unpaired) electrons. The maximum atomic E-state index is 7.27. The molecule has 0 atom stereocenters. The van der Waals surface area contributed by atoms with Crippen LogP contribution < -0.4 is 16.5 Å². The van der Waals surface area contributed by atoms with Gasteiger partial charge in [0, 0.05) is 34.0 Å². The van der Waals surface area contributed by atoms with Crippen LogP contribution in [0, 0.1) is 6.92 Å². The number of aryl methyl sites for hydroxylation is 1. The summed E-state index contributed by atoms with van der Waals surface area (Å²) in [5.74, 6) is 0. The van der Waals surface area contributed by atoms with Crippen LogP contribution in [0.3, 0.4) is 0 Å². The highest BCUT2D eigenvalue weighted by Gasteiger charge is 2.40. The van der Waals surface area contributed by atoms with E-state index in [1.54, 1.807) is 0 Å². The molecule has 3 heteroatoms. The van der Waals surface area contributed by atoms with Gasteiger partial charge in [0.15, 0.2) is 0 Å². The Labute approximate surface area is 325 Å². The van der Waals surface area contributed by atoms with Crippen molar-refractivity contribution in [1.82, 2.24) is 0 Å². The first kappa shape index (κ1) is 36.2. The van der Waals surface area contributed by atoms with Crippen LogP contribution in [0.25, 0.3) is 33.4 Å². The second-order valence-corrected chi connectivity index (χ2v) is 18.6. The van der Waals surface area contributed by atoms with Crippen LogP contribution in [-0.4, -0.2) is 7.85 Å². The first-order valence-electron chi connectivity index (χ1n) is 19.9. The highest BCUT2D eigenvalue weighted by molar-refractivity contribution is 6.36. The number of nitrogens with two attached hydrogens (primary N) is 1. The first-order valence-corrected chi connectivity index (χ1v) is 19.9. The van der Waals surface area contributed by atoms with Crippen molar-refractivity contribution in [2.45, 2.75) is 110 Å². The van der Waals surface area contributed by atoms with Gasteiger partial charge in [0.1, 0.15) is 7.85 Å². The molecule has 3 aliphatic carbocycles. The highest BCUT2D eigenvalue weighted by Crippen LogP contribution is 2.55. The van der Waals surface area contributed by atoms with Crippen LogP contribution in [0.4, 0.5) is 11.4 Å². The largest absolute Gasteiger partial charge is 0.398 e. The van der Waals surface area contributed by atoms with E-state index in [-0.39, 0.29) is 16.2 Å². The summed E-state index contributed by atoms with van der Waals surface area (Å²) in [6.45, 7) is 21.3. The van der Waals surface area contributed by atoms with Gasteiger partial charge in [0.25, 0.3) is 0 Å². The van der Waals surface area contributed by atoms with E-state index in [1.807, 2.05) is 18.3 Å². The summed E-state index contributed by atoms with van der Waals surface area (Å²) in [6.07, 6.45) is 19.8. The van der Waals surface area contributed by atoms with Gasteiger partial charge < -0.3 is 11.1 Å². The number of benzene rings is 4. The van der Waals surface area contributed by atoms with Gasteiger partial charge in [0.05, 0.1) is 0 Å². The molecule has 0 bridgehead atoms. The van der Waals surface area contributed by atoms with E-state index in [2.05, 4.69) is 153 Å². The second kappa shape index (κ2) is 12.7. The molecule has 0 saturated carbocycles. The lowest BCUT2D eigenvalue weighted by Crippen LogP contribution is -2.33. The minimum atomic E-state index is -0.427. The molecule has 1 aliphatic heterocycles. The number of hydrogen-bond acceptors (Lipinski definition) is 2. The van der Waals surface area contributed by atoms with Gasteiger partial charge in [-0.15, -0.1) is 0 Å². The highest BCUT2D eigenvalue weighted by atomic mass is 14.8. The van der Waals surface area contributed by atoms with Crippen molar-refractivity contribution in [2.24, 2.45) is 0 Å². The average Bonchev–Trinajstić information content (AvgIpc) is 3.34. The molecule has 0 aromatic heterocycles. The average molecular weight is 707 g/mol. The molecular formula is C51H55BN2. The summed E-state index contributed by atoms with van der Waals surface area (Å²) in [5, 5.41) is 3.53. The molecule has 4 aliphatic rings. The van der Waals surface area contributed by atoms with Crippen LogP contribution in [0.1, 0.15) is 120 Å². The van der Waals surface area contributed by atoms with Gasteiger partial charge in [-0.25, -0.2) is 0 Å². The number of rotatable bonds is 3. The zero-order valence-corrected chi connectivity index (χ0v) is 33.8. The molecule has 0 saturated heterocycles. The second-order valence-electron chi connectivity index (χ2n) is 18.6. The van der Waals surface area contributed by atoms with Crippen molar-refractivity contribution in [1.29, 1.82) is 0 Å². The van der Waals surface area contributed by atoms with Crippen molar-refractivity contribution in [3.63, 3.8) is 0 Å². The first-order chi connectivity index (χ1) is 25.5. The fourth-order valence-corrected chi connectivity index (χ4v) is 10.0. The summed E-state index contributed by atoms with van der Waals surface area (Å²) in [6, 6.07) is 23.1. The molecule has 0 fully saturated rings. The Balaban J connectivity index is 1.46. The molecule has 4 aromatic carbocycles. The molecule has 0 unspecified atom stereocenters. The SMILES string of the molecule is [B]c1cccc2c1N/C=C/C=C\C=C(/c1cc(C)cc(-c3cc4c(cc3N)C3=C(CCC=C3)C4(C)C)c1-c1ccc3c(c1)C(C)(C)CCC3(C)C)C2(C)C. The van der Waals surface area contributed by atoms with E-state index in [1.165, 1.54) is 73.2 Å². The third-order valence-electron chi connectivity index (χ3n) is 13.3. The van der Waals surface area contributed by atoms with E-state index in [9.17, 15) is 0 Å². The smallest absolute Gasteiger partial charge is 0.116 e. The van der Waals surface area contributed by atoms with E-state index < -0.39 is 5.41 Å². The maximum absolute atomic E-state index is 7.27. The lowest BCUT2D eigenvalue weighted by molar-refractivity contribution is 0.332. The summed E-state index contributed by atoms with van der Waals surface area (Å²) in [4.78, 5) is 0. The van der Waals surface area contributed by atoms with E-state index in [0.29, 0.717) is 0 Å². The number of nitrogen functional groups attached to an aromatic ring is 1. The van der Waals surface area contributed by atoms with Crippen LogP contribution in [-0.2, 0) is 21.7 Å². The third-order valence-corrected chi connectivity index (χ3v) is 13.3. The van der Waals surface area contributed by atoms with E-state index in [4.69, 9.17) is 13.6 Å². The van der Waals surface area contributed by atoms with Crippen LogP contribution in [0.5, 0.6) is 0 Å². The predicted molar refractivity (Wildman–Crippen MR) is 235 cm³/mol. The monoisotopic (exact) mass is 706 g/mol. The number of nitrogens with one attached hydrogen (secondary N) is 1. The summed E-state index contributed by atoms with van der Waals surface area (Å²) >= 11 is 0. The molecule has 8 rings (SSSR count). The minimum Gasteiger partial charge on any atom is -0.398 e. The Kier molecular flexibility index (Phi) is 8.49. The van der Waals surface area contributed by atoms with Gasteiger partial charge >= 0.3 is 0 Å². The van der Waals surface area contributed by atoms with Gasteiger partial charge in [-0.2, -0.15) is 0 Å². The molecular weight excluding hydrogens is 651 g/mol. The Morgan fingerprint density at radius 2 is 1.43 bits per heavy atom. The van der Waals surface area contributed by atoms with Crippen LogP contribution >= 0.6 is 0 Å². The maximum Gasteiger partial charge on any atom is 0.116 e. The lowest BCUT2D eigenvalue weighted by atomic mass is 9.62. The molecule has 3 N–H and O–H groups in total. The molecule has 2 nitrogen and oxygen atoms in total. The van der Waals surface area contributed by atoms with Crippen molar-refractivity contribution in [2.75, 3.05) is 11.1 Å². The summed E-state index contributed by atoms with van der Waals surface area (Å²) in [7, 11) is 6.69. The molecule has 4 aromatic rings. The fraction of sp³-hybridized carbons (Fsp3) is 0.333. The van der Waals surface area contributed by atoms with Gasteiger partial charge in [0.2, 0.25) is 0 Å². The Morgan fingerprint density at radius 3 is 2.20 bits per heavy atom. The van der Waals surface area contributed by atoms with Gasteiger partial charge in [-0.05, 0) is 128 Å². The van der Waals surface area contributed by atoms with Crippen molar-refractivity contribution >= 4 is 35.8 Å². The number of hydrogen-bond donors (Lipinski definition) is 2. The Morgan fingerprint density at radius 1 is 0.685 bits per heavy atom. The Hall–Kier alpha value is -4.76.